The number of ketones is 2. The number of carbonyl (C=O) groups is 2. The van der Waals surface area contributed by atoms with Crippen LogP contribution in [0.25, 0.3) is 0 Å². The van der Waals surface area contributed by atoms with Gasteiger partial charge in [0.25, 0.3) is 0 Å². The van der Waals surface area contributed by atoms with E-state index in [1.54, 1.807) is 7.11 Å². The van der Waals surface area contributed by atoms with Crippen molar-refractivity contribution in [3.63, 3.8) is 0 Å². The predicted octanol–water partition coefficient (Wildman–Crippen LogP) is 9.09. The third-order valence-electron chi connectivity index (χ3n) is 11.4. The standard InChI is InChI=1S/C44H41O5P/c1-30-8-20-39(21-9-30)50(47,38-6-4-3-5-7-38)40-22-18-37(19-23-40)49-36-16-12-34(13-17-36)42(46)44-27-31-24-32(28-44)26-43(25-31,29-44)41(45)33-10-14-35(48-2)15-11-33/h3-23,31-32H,24-29H2,1-2H3. The summed E-state index contributed by atoms with van der Waals surface area (Å²) in [4.78, 5) is 28.4. The zero-order valence-corrected chi connectivity index (χ0v) is 29.4. The van der Waals surface area contributed by atoms with Crippen molar-refractivity contribution in [3.05, 3.63) is 144 Å². The van der Waals surface area contributed by atoms with Crippen molar-refractivity contribution >= 4 is 34.6 Å². The van der Waals surface area contributed by atoms with Crippen LogP contribution in [0.3, 0.4) is 0 Å². The number of benzene rings is 5. The van der Waals surface area contributed by atoms with E-state index in [0.717, 1.165) is 59.3 Å². The summed E-state index contributed by atoms with van der Waals surface area (Å²) < 4.78 is 26.3. The number of hydrogen-bond acceptors (Lipinski definition) is 5. The maximum atomic E-state index is 14.8. The Bertz CT molecular complexity index is 2070. The fourth-order valence-corrected chi connectivity index (χ4v) is 12.1. The van der Waals surface area contributed by atoms with Crippen LogP contribution >= 0.6 is 7.14 Å². The molecule has 5 aromatic rings. The molecule has 6 heteroatoms. The maximum Gasteiger partial charge on any atom is 0.171 e. The highest BCUT2D eigenvalue weighted by molar-refractivity contribution is 7.85. The highest BCUT2D eigenvalue weighted by Gasteiger charge is 2.62. The Hall–Kier alpha value is -4.73. The molecule has 0 saturated heterocycles. The number of ether oxygens (including phenoxy) is 2. The minimum Gasteiger partial charge on any atom is -0.497 e. The Morgan fingerprint density at radius 1 is 0.580 bits per heavy atom. The normalized spacial score (nSPS) is 24.7. The molecule has 4 bridgehead atoms. The van der Waals surface area contributed by atoms with Crippen molar-refractivity contribution in [2.75, 3.05) is 7.11 Å². The second kappa shape index (κ2) is 12.5. The summed E-state index contributed by atoms with van der Waals surface area (Å²) in [5, 5.41) is 2.31. The fourth-order valence-electron chi connectivity index (χ4n) is 9.52. The van der Waals surface area contributed by atoms with E-state index in [9.17, 15) is 14.2 Å². The van der Waals surface area contributed by atoms with Crippen molar-refractivity contribution in [3.8, 4) is 17.2 Å². The Labute approximate surface area is 294 Å². The molecule has 0 heterocycles. The van der Waals surface area contributed by atoms with Crippen LogP contribution in [0.2, 0.25) is 0 Å². The van der Waals surface area contributed by atoms with E-state index in [2.05, 4.69) is 0 Å². The molecule has 9 rings (SSSR count). The van der Waals surface area contributed by atoms with E-state index >= 15 is 0 Å². The predicted molar refractivity (Wildman–Crippen MR) is 198 cm³/mol. The minimum absolute atomic E-state index is 0.155. The van der Waals surface area contributed by atoms with Gasteiger partial charge >= 0.3 is 0 Å². The Balaban J connectivity index is 1.00. The van der Waals surface area contributed by atoms with Gasteiger partial charge in [-0.15, -0.1) is 0 Å². The number of hydrogen-bond donors (Lipinski definition) is 0. The van der Waals surface area contributed by atoms with Crippen molar-refractivity contribution in [2.45, 2.75) is 45.4 Å². The number of rotatable bonds is 10. The Morgan fingerprint density at radius 3 is 1.48 bits per heavy atom. The number of methoxy groups -OCH3 is 1. The second-order valence-corrected chi connectivity index (χ2v) is 17.6. The van der Waals surface area contributed by atoms with Crippen LogP contribution in [0.5, 0.6) is 17.2 Å². The van der Waals surface area contributed by atoms with Gasteiger partial charge in [-0.05, 0) is 130 Å². The van der Waals surface area contributed by atoms with Crippen molar-refractivity contribution in [2.24, 2.45) is 22.7 Å². The van der Waals surface area contributed by atoms with Crippen LogP contribution in [-0.2, 0) is 4.57 Å². The van der Waals surface area contributed by atoms with E-state index in [4.69, 9.17) is 9.47 Å². The van der Waals surface area contributed by atoms with Gasteiger partial charge < -0.3 is 14.0 Å². The summed E-state index contributed by atoms with van der Waals surface area (Å²) in [6.07, 6.45) is 5.21. The molecule has 0 N–H and O–H groups in total. The van der Waals surface area contributed by atoms with E-state index in [1.807, 2.05) is 134 Å². The first-order valence-electron chi connectivity index (χ1n) is 17.5. The largest absolute Gasteiger partial charge is 0.497 e. The SMILES string of the molecule is COc1ccc(C(=O)C23CC4CC(C2)CC(C(=O)c2ccc(Oc5ccc(P(=O)(c6ccccc6)c6ccc(C)cc6)cc5)cc2)(C4)C3)cc1. The lowest BCUT2D eigenvalue weighted by Gasteiger charge is -2.60. The molecular formula is C44H41O5P. The highest BCUT2D eigenvalue weighted by Crippen LogP contribution is 2.66. The molecule has 50 heavy (non-hydrogen) atoms. The van der Waals surface area contributed by atoms with Crippen LogP contribution in [0.1, 0.15) is 64.8 Å². The summed E-state index contributed by atoms with van der Waals surface area (Å²) in [7, 11) is -1.47. The number of Topliss-reactive ketones (excluding diaryl/α,β-unsaturated/α-hetero) is 2. The van der Waals surface area contributed by atoms with Gasteiger partial charge in [-0.3, -0.25) is 9.59 Å². The van der Waals surface area contributed by atoms with E-state index < -0.39 is 18.0 Å². The highest BCUT2D eigenvalue weighted by atomic mass is 31.2. The van der Waals surface area contributed by atoms with Gasteiger partial charge in [-0.25, -0.2) is 0 Å². The molecule has 0 spiro atoms. The topological polar surface area (TPSA) is 69.7 Å². The molecule has 4 aliphatic carbocycles. The quantitative estimate of drug-likeness (QED) is 0.109. The second-order valence-electron chi connectivity index (χ2n) is 14.8. The minimum atomic E-state index is -3.09. The van der Waals surface area contributed by atoms with Gasteiger partial charge in [0.15, 0.2) is 18.7 Å². The smallest absolute Gasteiger partial charge is 0.171 e. The molecule has 0 aromatic heterocycles. The van der Waals surface area contributed by atoms with Gasteiger partial charge in [0, 0.05) is 37.9 Å². The first-order chi connectivity index (χ1) is 24.2. The molecule has 0 aliphatic heterocycles. The molecule has 3 atom stereocenters. The molecule has 3 unspecified atom stereocenters. The zero-order valence-electron chi connectivity index (χ0n) is 28.5. The molecule has 252 valence electrons. The third-order valence-corrected chi connectivity index (χ3v) is 14.5. The lowest BCUT2D eigenvalue weighted by Crippen LogP contribution is -2.57. The van der Waals surface area contributed by atoms with Crippen LogP contribution < -0.4 is 25.4 Å². The molecule has 0 radical (unpaired) electrons. The van der Waals surface area contributed by atoms with Gasteiger partial charge in [0.1, 0.15) is 17.2 Å². The van der Waals surface area contributed by atoms with Gasteiger partial charge in [0.2, 0.25) is 0 Å². The van der Waals surface area contributed by atoms with Crippen LogP contribution in [0, 0.1) is 29.6 Å². The lowest BCUT2D eigenvalue weighted by molar-refractivity contribution is -0.0730. The first kappa shape index (κ1) is 32.5. The maximum absolute atomic E-state index is 14.8. The third kappa shape index (κ3) is 5.62. The molecule has 0 amide bonds. The number of aryl methyl sites for hydroxylation is 1. The molecular weight excluding hydrogens is 639 g/mol. The van der Waals surface area contributed by atoms with E-state index in [1.165, 1.54) is 0 Å². The summed E-state index contributed by atoms with van der Waals surface area (Å²) >= 11 is 0. The Morgan fingerprint density at radius 2 is 1.00 bits per heavy atom. The van der Waals surface area contributed by atoms with Crippen LogP contribution in [0.4, 0.5) is 0 Å². The molecule has 4 aliphatic rings. The van der Waals surface area contributed by atoms with Crippen LogP contribution in [0.15, 0.2) is 127 Å². The lowest BCUT2D eigenvalue weighted by atomic mass is 9.42. The average Bonchev–Trinajstić information content (AvgIpc) is 3.15. The number of carbonyl (C=O) groups excluding carboxylic acids is 2. The van der Waals surface area contributed by atoms with Gasteiger partial charge in [-0.1, -0.05) is 60.2 Å². The average molecular weight is 681 g/mol. The summed E-state index contributed by atoms with van der Waals surface area (Å²) in [5.74, 6) is 3.11. The van der Waals surface area contributed by atoms with Crippen molar-refractivity contribution in [1.82, 2.24) is 0 Å². The fraction of sp³-hybridized carbons (Fsp3) is 0.273. The van der Waals surface area contributed by atoms with Crippen molar-refractivity contribution in [1.29, 1.82) is 0 Å². The van der Waals surface area contributed by atoms with Gasteiger partial charge in [-0.2, -0.15) is 0 Å². The van der Waals surface area contributed by atoms with Gasteiger partial charge in [0.05, 0.1) is 7.11 Å². The molecule has 4 saturated carbocycles. The van der Waals surface area contributed by atoms with Crippen molar-refractivity contribution < 1.29 is 23.6 Å². The molecule has 4 fully saturated rings. The summed E-state index contributed by atoms with van der Waals surface area (Å²) in [5.41, 5.74) is 1.51. The zero-order chi connectivity index (χ0) is 34.5. The van der Waals surface area contributed by atoms with E-state index in [-0.39, 0.29) is 11.6 Å². The Kier molecular flexibility index (Phi) is 8.15. The first-order valence-corrected chi connectivity index (χ1v) is 19.3. The van der Waals surface area contributed by atoms with E-state index in [0.29, 0.717) is 40.9 Å². The van der Waals surface area contributed by atoms with Crippen LogP contribution in [-0.4, -0.2) is 18.7 Å². The molecule has 5 aromatic carbocycles. The monoisotopic (exact) mass is 680 g/mol. The molecule has 5 nitrogen and oxygen atoms in total. The summed E-state index contributed by atoms with van der Waals surface area (Å²) in [6.45, 7) is 2.03. The summed E-state index contributed by atoms with van der Waals surface area (Å²) in [6, 6.07) is 39.9.